The standard InChI is InChI=1S/C14H14N2O3/c1-10-8-15-16(9-10)12-6-4-3-5-11(12)13(17)7-14(18)19-2/h3-6,8-9H,7H2,1-2H3. The summed E-state index contributed by atoms with van der Waals surface area (Å²) in [4.78, 5) is 23.3. The number of carbonyl (C=O) groups excluding carboxylic acids is 2. The Morgan fingerprint density at radius 3 is 2.68 bits per heavy atom. The maximum atomic E-state index is 12.1. The summed E-state index contributed by atoms with van der Waals surface area (Å²) in [6, 6.07) is 7.04. The number of esters is 1. The van der Waals surface area contributed by atoms with E-state index < -0.39 is 5.97 Å². The predicted molar refractivity (Wildman–Crippen MR) is 69.3 cm³/mol. The van der Waals surface area contributed by atoms with Crippen LogP contribution in [-0.2, 0) is 9.53 Å². The molecule has 0 radical (unpaired) electrons. The van der Waals surface area contributed by atoms with Crippen molar-refractivity contribution in [2.45, 2.75) is 13.3 Å². The lowest BCUT2D eigenvalue weighted by atomic mass is 10.1. The van der Waals surface area contributed by atoms with Gasteiger partial charge in [0.1, 0.15) is 6.42 Å². The number of benzene rings is 1. The zero-order chi connectivity index (χ0) is 13.8. The van der Waals surface area contributed by atoms with E-state index in [0.717, 1.165) is 5.56 Å². The van der Waals surface area contributed by atoms with Crippen molar-refractivity contribution >= 4 is 11.8 Å². The summed E-state index contributed by atoms with van der Waals surface area (Å²) in [6.45, 7) is 1.92. The van der Waals surface area contributed by atoms with Gasteiger partial charge in [-0.2, -0.15) is 5.10 Å². The molecule has 0 aliphatic heterocycles. The fourth-order valence-corrected chi connectivity index (χ4v) is 1.75. The van der Waals surface area contributed by atoms with Crippen LogP contribution in [0.4, 0.5) is 0 Å². The second kappa shape index (κ2) is 5.48. The molecule has 0 spiro atoms. The number of methoxy groups -OCH3 is 1. The van der Waals surface area contributed by atoms with Gasteiger partial charge < -0.3 is 4.74 Å². The van der Waals surface area contributed by atoms with E-state index >= 15 is 0 Å². The molecule has 1 aromatic heterocycles. The summed E-state index contributed by atoms with van der Waals surface area (Å²) in [5.41, 5.74) is 2.11. The SMILES string of the molecule is COC(=O)CC(=O)c1ccccc1-n1cc(C)cn1. The van der Waals surface area contributed by atoms with Crippen molar-refractivity contribution in [3.05, 3.63) is 47.8 Å². The largest absolute Gasteiger partial charge is 0.469 e. The van der Waals surface area contributed by atoms with Gasteiger partial charge in [-0.05, 0) is 24.6 Å². The highest BCUT2D eigenvalue weighted by atomic mass is 16.5. The normalized spacial score (nSPS) is 10.2. The van der Waals surface area contributed by atoms with Crippen molar-refractivity contribution < 1.29 is 14.3 Å². The monoisotopic (exact) mass is 258 g/mol. The number of ketones is 1. The first-order valence-electron chi connectivity index (χ1n) is 5.82. The van der Waals surface area contributed by atoms with E-state index in [-0.39, 0.29) is 12.2 Å². The van der Waals surface area contributed by atoms with Crippen molar-refractivity contribution in [3.8, 4) is 5.69 Å². The zero-order valence-electron chi connectivity index (χ0n) is 10.8. The van der Waals surface area contributed by atoms with Crippen LogP contribution in [0.5, 0.6) is 0 Å². The van der Waals surface area contributed by atoms with Gasteiger partial charge in [0, 0.05) is 11.8 Å². The summed E-state index contributed by atoms with van der Waals surface area (Å²) in [6.07, 6.45) is 3.26. The van der Waals surface area contributed by atoms with Crippen LogP contribution in [0.25, 0.3) is 5.69 Å². The van der Waals surface area contributed by atoms with Gasteiger partial charge in [0.2, 0.25) is 0 Å². The molecule has 5 nitrogen and oxygen atoms in total. The fraction of sp³-hybridized carbons (Fsp3) is 0.214. The molecule has 0 saturated carbocycles. The van der Waals surface area contributed by atoms with E-state index in [4.69, 9.17) is 0 Å². The fourth-order valence-electron chi connectivity index (χ4n) is 1.75. The van der Waals surface area contributed by atoms with E-state index in [2.05, 4.69) is 9.84 Å². The number of para-hydroxylation sites is 1. The van der Waals surface area contributed by atoms with Crippen molar-refractivity contribution in [2.24, 2.45) is 0 Å². The van der Waals surface area contributed by atoms with Crippen LogP contribution in [0.2, 0.25) is 0 Å². The van der Waals surface area contributed by atoms with Crippen LogP contribution in [0.3, 0.4) is 0 Å². The lowest BCUT2D eigenvalue weighted by Gasteiger charge is -2.07. The number of rotatable bonds is 4. The Bertz CT molecular complexity index is 617. The lowest BCUT2D eigenvalue weighted by Crippen LogP contribution is -2.12. The molecule has 5 heteroatoms. The third kappa shape index (κ3) is 2.88. The number of nitrogens with zero attached hydrogens (tertiary/aromatic N) is 2. The van der Waals surface area contributed by atoms with Crippen LogP contribution >= 0.6 is 0 Å². The minimum Gasteiger partial charge on any atom is -0.469 e. The molecule has 0 saturated heterocycles. The molecule has 0 aliphatic carbocycles. The van der Waals surface area contributed by atoms with Gasteiger partial charge in [-0.15, -0.1) is 0 Å². The van der Waals surface area contributed by atoms with Gasteiger partial charge in [-0.25, -0.2) is 4.68 Å². The first kappa shape index (κ1) is 13.0. The van der Waals surface area contributed by atoms with Crippen LogP contribution in [0, 0.1) is 6.92 Å². The number of carbonyl (C=O) groups is 2. The van der Waals surface area contributed by atoms with Gasteiger partial charge in [-0.1, -0.05) is 12.1 Å². The molecule has 0 bridgehead atoms. The molecule has 1 aromatic carbocycles. The van der Waals surface area contributed by atoms with Gasteiger partial charge >= 0.3 is 5.97 Å². The molecule has 1 heterocycles. The molecule has 0 N–H and O–H groups in total. The lowest BCUT2D eigenvalue weighted by molar-refractivity contribution is -0.139. The highest BCUT2D eigenvalue weighted by Gasteiger charge is 2.16. The molecule has 2 aromatic rings. The average Bonchev–Trinajstić information content (AvgIpc) is 2.85. The maximum absolute atomic E-state index is 12.1. The van der Waals surface area contributed by atoms with E-state index in [1.54, 1.807) is 29.1 Å². The van der Waals surface area contributed by atoms with Crippen molar-refractivity contribution in [1.82, 2.24) is 9.78 Å². The Morgan fingerprint density at radius 2 is 2.05 bits per heavy atom. The minimum absolute atomic E-state index is 0.270. The summed E-state index contributed by atoms with van der Waals surface area (Å²) >= 11 is 0. The topological polar surface area (TPSA) is 61.2 Å². The zero-order valence-corrected chi connectivity index (χ0v) is 10.8. The van der Waals surface area contributed by atoms with E-state index in [0.29, 0.717) is 11.3 Å². The molecule has 0 aliphatic rings. The number of aryl methyl sites for hydroxylation is 1. The summed E-state index contributed by atoms with van der Waals surface area (Å²) < 4.78 is 6.13. The summed E-state index contributed by atoms with van der Waals surface area (Å²) in [5.74, 6) is -0.827. The molecule has 2 rings (SSSR count). The molecule has 98 valence electrons. The Morgan fingerprint density at radius 1 is 1.32 bits per heavy atom. The number of hydrogen-bond donors (Lipinski definition) is 0. The third-order valence-corrected chi connectivity index (χ3v) is 2.70. The van der Waals surface area contributed by atoms with Crippen LogP contribution in [-0.4, -0.2) is 28.6 Å². The summed E-state index contributed by atoms with van der Waals surface area (Å²) in [5, 5.41) is 4.18. The van der Waals surface area contributed by atoms with E-state index in [9.17, 15) is 9.59 Å². The second-order valence-electron chi connectivity index (χ2n) is 4.16. The maximum Gasteiger partial charge on any atom is 0.313 e. The number of hydrogen-bond acceptors (Lipinski definition) is 4. The smallest absolute Gasteiger partial charge is 0.313 e. The quantitative estimate of drug-likeness (QED) is 0.477. The average molecular weight is 258 g/mol. The first-order chi connectivity index (χ1) is 9.11. The van der Waals surface area contributed by atoms with Gasteiger partial charge in [0.15, 0.2) is 5.78 Å². The molecule has 0 unspecified atom stereocenters. The highest BCUT2D eigenvalue weighted by Crippen LogP contribution is 2.16. The highest BCUT2D eigenvalue weighted by molar-refractivity contribution is 6.07. The molecule has 0 fully saturated rings. The molecular formula is C14H14N2O3. The number of aromatic nitrogens is 2. The van der Waals surface area contributed by atoms with Crippen LogP contribution in [0.1, 0.15) is 22.3 Å². The molecule has 0 amide bonds. The summed E-state index contributed by atoms with van der Waals surface area (Å²) in [7, 11) is 1.26. The van der Waals surface area contributed by atoms with Gasteiger partial charge in [0.05, 0.1) is 19.0 Å². The van der Waals surface area contributed by atoms with Gasteiger partial charge in [0.25, 0.3) is 0 Å². The molecular weight excluding hydrogens is 244 g/mol. The Kier molecular flexibility index (Phi) is 3.75. The van der Waals surface area contributed by atoms with E-state index in [1.807, 2.05) is 19.2 Å². The molecule has 19 heavy (non-hydrogen) atoms. The van der Waals surface area contributed by atoms with Crippen LogP contribution < -0.4 is 0 Å². The van der Waals surface area contributed by atoms with Crippen molar-refractivity contribution in [3.63, 3.8) is 0 Å². The Labute approximate surface area is 110 Å². The van der Waals surface area contributed by atoms with Crippen molar-refractivity contribution in [1.29, 1.82) is 0 Å². The number of ether oxygens (including phenoxy) is 1. The Balaban J connectivity index is 2.36. The number of Topliss-reactive ketones (excluding diaryl/α,β-unsaturated/α-hetero) is 1. The first-order valence-corrected chi connectivity index (χ1v) is 5.82. The van der Waals surface area contributed by atoms with Gasteiger partial charge in [-0.3, -0.25) is 9.59 Å². The van der Waals surface area contributed by atoms with Crippen molar-refractivity contribution in [2.75, 3.05) is 7.11 Å². The van der Waals surface area contributed by atoms with Crippen LogP contribution in [0.15, 0.2) is 36.7 Å². The third-order valence-electron chi connectivity index (χ3n) is 2.70. The molecule has 0 atom stereocenters. The predicted octanol–water partition coefficient (Wildman–Crippen LogP) is 1.93. The Hall–Kier alpha value is -2.43. The minimum atomic E-state index is -0.545. The van der Waals surface area contributed by atoms with E-state index in [1.165, 1.54) is 7.11 Å². The second-order valence-corrected chi connectivity index (χ2v) is 4.16.